The van der Waals surface area contributed by atoms with E-state index in [9.17, 15) is 0 Å². The van der Waals surface area contributed by atoms with Crippen LogP contribution < -0.4 is 0 Å². The zero-order valence-electron chi connectivity index (χ0n) is 20.6. The second kappa shape index (κ2) is 8.19. The molecule has 0 fully saturated rings. The molecule has 3 heterocycles. The first-order chi connectivity index (χ1) is 18.9. The Balaban J connectivity index is 1.44. The Morgan fingerprint density at radius 1 is 0.421 bits per heavy atom. The van der Waals surface area contributed by atoms with E-state index in [0.717, 1.165) is 28.1 Å². The van der Waals surface area contributed by atoms with Crippen LogP contribution in [0.5, 0.6) is 0 Å². The van der Waals surface area contributed by atoms with Crippen molar-refractivity contribution in [2.75, 3.05) is 0 Å². The zero-order chi connectivity index (χ0) is 25.1. The minimum Gasteiger partial charge on any atom is -0.309 e. The summed E-state index contributed by atoms with van der Waals surface area (Å²) in [7, 11) is 0. The predicted molar refractivity (Wildman–Crippen MR) is 158 cm³/mol. The molecule has 0 bridgehead atoms. The Bertz CT molecular complexity index is 2120. The average Bonchev–Trinajstić information content (AvgIpc) is 3.51. The number of benzene rings is 5. The van der Waals surface area contributed by atoms with Crippen molar-refractivity contribution in [3.05, 3.63) is 140 Å². The molecule has 0 unspecified atom stereocenters. The van der Waals surface area contributed by atoms with Crippen LogP contribution in [0.15, 0.2) is 140 Å². The lowest BCUT2D eigenvalue weighted by atomic mass is 10.0. The van der Waals surface area contributed by atoms with Crippen molar-refractivity contribution in [2.45, 2.75) is 0 Å². The number of rotatable bonds is 3. The van der Waals surface area contributed by atoms with Gasteiger partial charge in [-0.05, 0) is 48.5 Å². The van der Waals surface area contributed by atoms with Crippen LogP contribution in [-0.2, 0) is 0 Å². The van der Waals surface area contributed by atoms with Crippen molar-refractivity contribution in [3.63, 3.8) is 0 Å². The fraction of sp³-hybridized carbons (Fsp3) is 0. The van der Waals surface area contributed by atoms with Gasteiger partial charge >= 0.3 is 0 Å². The molecule has 178 valence electrons. The van der Waals surface area contributed by atoms with Gasteiger partial charge < -0.3 is 9.13 Å². The van der Waals surface area contributed by atoms with Crippen LogP contribution in [0.2, 0.25) is 0 Å². The Labute approximate surface area is 219 Å². The average molecular weight is 486 g/mol. The van der Waals surface area contributed by atoms with Gasteiger partial charge in [0.2, 0.25) is 0 Å². The lowest BCUT2D eigenvalue weighted by Gasteiger charge is -2.09. The van der Waals surface area contributed by atoms with Gasteiger partial charge in [0.1, 0.15) is 0 Å². The van der Waals surface area contributed by atoms with Gasteiger partial charge in [-0.2, -0.15) is 0 Å². The molecule has 0 saturated carbocycles. The maximum atomic E-state index is 5.07. The van der Waals surface area contributed by atoms with Crippen molar-refractivity contribution >= 4 is 43.6 Å². The molecular formula is C35H23N3. The van der Waals surface area contributed by atoms with Gasteiger partial charge in [0.05, 0.1) is 34.0 Å². The van der Waals surface area contributed by atoms with Crippen LogP contribution in [0.1, 0.15) is 0 Å². The third kappa shape index (κ3) is 2.99. The monoisotopic (exact) mass is 485 g/mol. The Morgan fingerprint density at radius 3 is 1.68 bits per heavy atom. The third-order valence-electron chi connectivity index (χ3n) is 7.56. The van der Waals surface area contributed by atoms with Crippen LogP contribution in [0, 0.1) is 0 Å². The normalized spacial score (nSPS) is 11.7. The van der Waals surface area contributed by atoms with E-state index in [0.29, 0.717) is 0 Å². The quantitative estimate of drug-likeness (QED) is 0.245. The summed E-state index contributed by atoms with van der Waals surface area (Å²) in [6.45, 7) is 0. The summed E-state index contributed by atoms with van der Waals surface area (Å²) in [5, 5.41) is 4.90. The van der Waals surface area contributed by atoms with E-state index in [1.807, 2.05) is 6.20 Å². The largest absolute Gasteiger partial charge is 0.309 e. The smallest absolute Gasteiger partial charge is 0.0724 e. The molecule has 0 aliphatic heterocycles. The number of fused-ring (bicyclic) bond motifs is 6. The van der Waals surface area contributed by atoms with Crippen molar-refractivity contribution in [3.8, 4) is 22.6 Å². The number of para-hydroxylation sites is 4. The highest BCUT2D eigenvalue weighted by Crippen LogP contribution is 2.39. The molecule has 5 aromatic carbocycles. The highest BCUT2D eigenvalue weighted by atomic mass is 15.0. The van der Waals surface area contributed by atoms with Gasteiger partial charge in [0, 0.05) is 38.5 Å². The highest BCUT2D eigenvalue weighted by Gasteiger charge is 2.18. The van der Waals surface area contributed by atoms with E-state index in [1.165, 1.54) is 38.1 Å². The third-order valence-corrected chi connectivity index (χ3v) is 7.56. The maximum absolute atomic E-state index is 5.07. The van der Waals surface area contributed by atoms with Crippen LogP contribution in [0.4, 0.5) is 0 Å². The lowest BCUT2D eigenvalue weighted by Crippen LogP contribution is -1.94. The lowest BCUT2D eigenvalue weighted by molar-refractivity contribution is 1.17. The van der Waals surface area contributed by atoms with Gasteiger partial charge in [-0.1, -0.05) is 84.9 Å². The Hall–Kier alpha value is -5.15. The molecule has 0 atom stereocenters. The van der Waals surface area contributed by atoms with Gasteiger partial charge in [-0.3, -0.25) is 4.98 Å². The van der Waals surface area contributed by atoms with E-state index < -0.39 is 0 Å². The number of hydrogen-bond donors (Lipinski definition) is 0. The first-order valence-electron chi connectivity index (χ1n) is 12.9. The molecule has 8 aromatic rings. The summed E-state index contributed by atoms with van der Waals surface area (Å²) in [4.78, 5) is 5.07. The standard InChI is InChI=1S/C35H23N3/c1-3-12-24(13-4-1)37-32-20-10-8-17-28(32)35-27(18-11-21-33(35)37)30-22-29-26-16-7-9-19-31(26)38(34(29)23-36-30)25-14-5-2-6-15-25/h1-23H. The summed E-state index contributed by atoms with van der Waals surface area (Å²) < 4.78 is 4.66. The number of nitrogens with zero attached hydrogens (tertiary/aromatic N) is 3. The fourth-order valence-corrected chi connectivity index (χ4v) is 5.96. The Morgan fingerprint density at radius 2 is 0.974 bits per heavy atom. The molecule has 3 aromatic heterocycles. The molecule has 8 rings (SSSR count). The summed E-state index contributed by atoms with van der Waals surface area (Å²) in [5.74, 6) is 0. The number of hydrogen-bond acceptors (Lipinski definition) is 1. The minimum atomic E-state index is 0.982. The van der Waals surface area contributed by atoms with E-state index in [-0.39, 0.29) is 0 Å². The van der Waals surface area contributed by atoms with Gasteiger partial charge in [0.25, 0.3) is 0 Å². The second-order valence-corrected chi connectivity index (χ2v) is 9.66. The summed E-state index contributed by atoms with van der Waals surface area (Å²) >= 11 is 0. The first kappa shape index (κ1) is 21.0. The highest BCUT2D eigenvalue weighted by molar-refractivity contribution is 6.16. The topological polar surface area (TPSA) is 22.8 Å². The summed E-state index contributed by atoms with van der Waals surface area (Å²) in [5.41, 5.74) is 9.10. The van der Waals surface area contributed by atoms with Gasteiger partial charge in [-0.25, -0.2) is 0 Å². The van der Waals surface area contributed by atoms with E-state index in [1.54, 1.807) is 0 Å². The van der Waals surface area contributed by atoms with Crippen LogP contribution in [0.3, 0.4) is 0 Å². The molecule has 0 spiro atoms. The molecule has 0 aliphatic rings. The van der Waals surface area contributed by atoms with Crippen molar-refractivity contribution in [2.24, 2.45) is 0 Å². The zero-order valence-corrected chi connectivity index (χ0v) is 20.6. The van der Waals surface area contributed by atoms with E-state index in [2.05, 4.69) is 143 Å². The molecule has 3 heteroatoms. The fourth-order valence-electron chi connectivity index (χ4n) is 5.96. The van der Waals surface area contributed by atoms with Crippen LogP contribution >= 0.6 is 0 Å². The van der Waals surface area contributed by atoms with Crippen LogP contribution in [-0.4, -0.2) is 14.1 Å². The summed E-state index contributed by atoms with van der Waals surface area (Å²) in [6.07, 6.45) is 2.03. The molecule has 3 nitrogen and oxygen atoms in total. The molecule has 0 amide bonds. The van der Waals surface area contributed by atoms with E-state index >= 15 is 0 Å². The predicted octanol–water partition coefficient (Wildman–Crippen LogP) is 8.94. The second-order valence-electron chi connectivity index (χ2n) is 9.66. The van der Waals surface area contributed by atoms with Crippen molar-refractivity contribution in [1.29, 1.82) is 0 Å². The summed E-state index contributed by atoms with van der Waals surface area (Å²) in [6, 6.07) is 47.2. The van der Waals surface area contributed by atoms with E-state index in [4.69, 9.17) is 4.98 Å². The molecular weight excluding hydrogens is 462 g/mol. The SMILES string of the molecule is c1ccc(-n2c3ccccc3c3cc(-c4cccc5c4c4ccccc4n5-c4ccccc4)ncc32)cc1. The molecule has 0 aliphatic carbocycles. The van der Waals surface area contributed by atoms with Crippen molar-refractivity contribution in [1.82, 2.24) is 14.1 Å². The molecule has 0 radical (unpaired) electrons. The molecule has 0 N–H and O–H groups in total. The van der Waals surface area contributed by atoms with Gasteiger partial charge in [-0.15, -0.1) is 0 Å². The first-order valence-corrected chi connectivity index (χ1v) is 12.9. The number of aromatic nitrogens is 3. The van der Waals surface area contributed by atoms with Crippen molar-refractivity contribution < 1.29 is 0 Å². The molecule has 0 saturated heterocycles. The number of pyridine rings is 1. The minimum absolute atomic E-state index is 0.982. The maximum Gasteiger partial charge on any atom is 0.0724 e. The van der Waals surface area contributed by atoms with Gasteiger partial charge in [0.15, 0.2) is 0 Å². The molecule has 38 heavy (non-hydrogen) atoms. The Kier molecular flexibility index (Phi) is 4.52. The van der Waals surface area contributed by atoms with Crippen LogP contribution in [0.25, 0.3) is 66.2 Å².